The molecule has 2 heterocycles. The van der Waals surface area contributed by atoms with E-state index in [9.17, 15) is 9.59 Å². The van der Waals surface area contributed by atoms with E-state index in [1.165, 1.54) is 4.90 Å². The number of hydrogen-bond acceptors (Lipinski definition) is 7. The molecule has 1 saturated heterocycles. The van der Waals surface area contributed by atoms with E-state index in [1.807, 2.05) is 30.0 Å². The Morgan fingerprint density at radius 1 is 1.19 bits per heavy atom. The van der Waals surface area contributed by atoms with Gasteiger partial charge in [-0.3, -0.25) is 9.69 Å². The molecule has 0 aromatic heterocycles. The number of amides is 1. The molecule has 0 saturated carbocycles. The van der Waals surface area contributed by atoms with Crippen molar-refractivity contribution in [3.05, 3.63) is 23.8 Å². The van der Waals surface area contributed by atoms with Crippen LogP contribution in [0.3, 0.4) is 0 Å². The molecule has 2 aliphatic heterocycles. The minimum atomic E-state index is -0.925. The summed E-state index contributed by atoms with van der Waals surface area (Å²) in [5, 5.41) is 0. The number of ether oxygens (including phenoxy) is 4. The summed E-state index contributed by atoms with van der Waals surface area (Å²) in [7, 11) is 1.66. The van der Waals surface area contributed by atoms with Crippen LogP contribution in [0.25, 0.3) is 0 Å². The van der Waals surface area contributed by atoms with Gasteiger partial charge in [-0.15, -0.1) is 0 Å². The third kappa shape index (κ3) is 5.03. The van der Waals surface area contributed by atoms with Crippen molar-refractivity contribution in [1.29, 1.82) is 0 Å². The zero-order chi connectivity index (χ0) is 19.4. The number of hydrogen-bond donors (Lipinski definition) is 0. The Balaban J connectivity index is 1.44. The summed E-state index contributed by atoms with van der Waals surface area (Å²) in [6.45, 7) is 5.74. The number of nitrogens with zero attached hydrogens (tertiary/aromatic N) is 2. The zero-order valence-corrected chi connectivity index (χ0v) is 16.0. The third-order valence-electron chi connectivity index (χ3n) is 4.78. The fourth-order valence-electron chi connectivity index (χ4n) is 2.92. The SMILES string of the molecule is CC(OC(=O)CN1CCC1)OC(=O)N(C)C(C)Cc1ccc2c(c1)OCO2. The van der Waals surface area contributed by atoms with Gasteiger partial charge in [-0.1, -0.05) is 6.07 Å². The van der Waals surface area contributed by atoms with Gasteiger partial charge in [0.15, 0.2) is 11.5 Å². The van der Waals surface area contributed by atoms with Gasteiger partial charge in [0.2, 0.25) is 13.1 Å². The molecule has 1 fully saturated rings. The van der Waals surface area contributed by atoms with Crippen molar-refractivity contribution in [2.75, 3.05) is 33.5 Å². The number of rotatable bonds is 7. The van der Waals surface area contributed by atoms with Crippen molar-refractivity contribution in [3.63, 3.8) is 0 Å². The van der Waals surface area contributed by atoms with Gasteiger partial charge >= 0.3 is 12.1 Å². The second-order valence-electron chi connectivity index (χ2n) is 6.92. The van der Waals surface area contributed by atoms with E-state index in [1.54, 1.807) is 14.0 Å². The van der Waals surface area contributed by atoms with Gasteiger partial charge in [-0.05, 0) is 50.6 Å². The zero-order valence-electron chi connectivity index (χ0n) is 16.0. The lowest BCUT2D eigenvalue weighted by Gasteiger charge is -2.30. The molecule has 8 nitrogen and oxygen atoms in total. The van der Waals surface area contributed by atoms with Crippen LogP contribution in [0, 0.1) is 0 Å². The molecule has 148 valence electrons. The van der Waals surface area contributed by atoms with Crippen LogP contribution < -0.4 is 9.47 Å². The summed E-state index contributed by atoms with van der Waals surface area (Å²) in [4.78, 5) is 27.6. The van der Waals surface area contributed by atoms with Gasteiger partial charge in [-0.25, -0.2) is 4.79 Å². The third-order valence-corrected chi connectivity index (χ3v) is 4.78. The number of carbonyl (C=O) groups excluding carboxylic acids is 2. The molecule has 0 N–H and O–H groups in total. The first-order chi connectivity index (χ1) is 12.9. The number of benzene rings is 1. The van der Waals surface area contributed by atoms with Crippen molar-refractivity contribution in [1.82, 2.24) is 9.80 Å². The summed E-state index contributed by atoms with van der Waals surface area (Å²) in [6, 6.07) is 5.62. The van der Waals surface area contributed by atoms with Crippen molar-refractivity contribution in [2.24, 2.45) is 0 Å². The van der Waals surface area contributed by atoms with Crippen molar-refractivity contribution in [2.45, 2.75) is 39.0 Å². The fourth-order valence-corrected chi connectivity index (χ4v) is 2.92. The maximum atomic E-state index is 12.3. The fraction of sp³-hybridized carbons (Fsp3) is 0.579. The van der Waals surface area contributed by atoms with E-state index in [0.29, 0.717) is 12.2 Å². The van der Waals surface area contributed by atoms with Crippen molar-refractivity contribution < 1.29 is 28.5 Å². The Hall–Kier alpha value is -2.48. The van der Waals surface area contributed by atoms with E-state index >= 15 is 0 Å². The first kappa shape index (κ1) is 19.3. The minimum Gasteiger partial charge on any atom is -0.454 e. The molecule has 3 rings (SSSR count). The molecular formula is C19H26N2O6. The van der Waals surface area contributed by atoms with Gasteiger partial charge in [0.1, 0.15) is 0 Å². The van der Waals surface area contributed by atoms with Crippen LogP contribution in [0.5, 0.6) is 11.5 Å². The molecule has 1 aromatic carbocycles. The molecule has 0 bridgehead atoms. The molecule has 0 aliphatic carbocycles. The topological polar surface area (TPSA) is 77.5 Å². The molecule has 1 aromatic rings. The van der Waals surface area contributed by atoms with Crippen LogP contribution in [0.4, 0.5) is 4.79 Å². The molecular weight excluding hydrogens is 352 g/mol. The smallest absolute Gasteiger partial charge is 0.412 e. The summed E-state index contributed by atoms with van der Waals surface area (Å²) in [5.74, 6) is 1.06. The van der Waals surface area contributed by atoms with Crippen LogP contribution in [-0.2, 0) is 20.7 Å². The molecule has 0 radical (unpaired) electrons. The van der Waals surface area contributed by atoms with Gasteiger partial charge in [0.05, 0.1) is 6.54 Å². The predicted molar refractivity (Wildman–Crippen MR) is 96.6 cm³/mol. The lowest BCUT2D eigenvalue weighted by atomic mass is 10.1. The summed E-state index contributed by atoms with van der Waals surface area (Å²) in [5.41, 5.74) is 1.03. The predicted octanol–water partition coefficient (Wildman–Crippen LogP) is 2.01. The van der Waals surface area contributed by atoms with Crippen molar-refractivity contribution >= 4 is 12.1 Å². The average molecular weight is 378 g/mol. The van der Waals surface area contributed by atoms with Gasteiger partial charge in [-0.2, -0.15) is 0 Å². The highest BCUT2D eigenvalue weighted by Crippen LogP contribution is 2.33. The Kier molecular flexibility index (Phi) is 6.05. The summed E-state index contributed by atoms with van der Waals surface area (Å²) in [6.07, 6.45) is 0.272. The van der Waals surface area contributed by atoms with E-state index in [4.69, 9.17) is 18.9 Å². The second kappa shape index (κ2) is 8.47. The number of carbonyl (C=O) groups is 2. The van der Waals surface area contributed by atoms with Gasteiger partial charge in [0, 0.05) is 20.0 Å². The lowest BCUT2D eigenvalue weighted by Crippen LogP contribution is -2.43. The first-order valence-corrected chi connectivity index (χ1v) is 9.16. The number of fused-ring (bicyclic) bond motifs is 1. The van der Waals surface area contributed by atoms with E-state index < -0.39 is 12.4 Å². The summed E-state index contributed by atoms with van der Waals surface area (Å²) >= 11 is 0. The number of esters is 1. The van der Waals surface area contributed by atoms with E-state index in [-0.39, 0.29) is 25.3 Å². The Labute approximate surface area is 158 Å². The molecule has 8 heteroatoms. The molecule has 0 spiro atoms. The maximum absolute atomic E-state index is 12.3. The largest absolute Gasteiger partial charge is 0.454 e. The van der Waals surface area contributed by atoms with E-state index in [0.717, 1.165) is 30.8 Å². The Bertz CT molecular complexity index is 691. The van der Waals surface area contributed by atoms with Gasteiger partial charge < -0.3 is 23.8 Å². The Morgan fingerprint density at radius 3 is 2.63 bits per heavy atom. The standard InChI is InChI=1S/C19H26N2O6/c1-13(9-15-5-6-16-17(10-15)25-12-24-16)20(3)19(23)27-14(2)26-18(22)11-21-7-4-8-21/h5-6,10,13-14H,4,7-9,11-12H2,1-3H3. The molecule has 27 heavy (non-hydrogen) atoms. The quantitative estimate of drug-likeness (QED) is 0.530. The number of likely N-dealkylation sites (tertiary alicyclic amines) is 1. The Morgan fingerprint density at radius 2 is 1.93 bits per heavy atom. The first-order valence-electron chi connectivity index (χ1n) is 9.16. The molecule has 2 atom stereocenters. The van der Waals surface area contributed by atoms with Crippen LogP contribution >= 0.6 is 0 Å². The molecule has 2 unspecified atom stereocenters. The number of likely N-dealkylation sites (N-methyl/N-ethyl adjacent to an activating group) is 1. The van der Waals surface area contributed by atoms with Crippen LogP contribution in [-0.4, -0.2) is 67.7 Å². The summed E-state index contributed by atoms with van der Waals surface area (Å²) < 4.78 is 21.1. The highest BCUT2D eigenvalue weighted by atomic mass is 16.7. The maximum Gasteiger partial charge on any atom is 0.412 e. The van der Waals surface area contributed by atoms with Crippen LogP contribution in [0.15, 0.2) is 18.2 Å². The highest BCUT2D eigenvalue weighted by molar-refractivity contribution is 5.72. The highest BCUT2D eigenvalue weighted by Gasteiger charge is 2.24. The monoisotopic (exact) mass is 378 g/mol. The molecule has 1 amide bonds. The molecule has 2 aliphatic rings. The normalized spacial score (nSPS) is 17.6. The van der Waals surface area contributed by atoms with Crippen molar-refractivity contribution in [3.8, 4) is 11.5 Å². The van der Waals surface area contributed by atoms with Gasteiger partial charge in [0.25, 0.3) is 0 Å². The average Bonchev–Trinajstić information content (AvgIpc) is 3.05. The minimum absolute atomic E-state index is 0.109. The van der Waals surface area contributed by atoms with E-state index in [2.05, 4.69) is 0 Å². The van der Waals surface area contributed by atoms with Crippen LogP contribution in [0.2, 0.25) is 0 Å². The van der Waals surface area contributed by atoms with Crippen LogP contribution in [0.1, 0.15) is 25.8 Å². The lowest BCUT2D eigenvalue weighted by molar-refractivity contribution is -0.168. The second-order valence-corrected chi connectivity index (χ2v) is 6.92.